The lowest BCUT2D eigenvalue weighted by molar-refractivity contribution is 0.0415. The number of hydrogen-bond acceptors (Lipinski definition) is 3. The Morgan fingerprint density at radius 2 is 1.76 bits per heavy atom. The van der Waals surface area contributed by atoms with Gasteiger partial charge in [0.05, 0.1) is 0 Å². The van der Waals surface area contributed by atoms with Gasteiger partial charge in [0.2, 0.25) is 0 Å². The average molecular weight is 296 g/mol. The minimum absolute atomic E-state index is 0.166. The molecule has 0 spiro atoms. The number of rotatable bonds is 5. The van der Waals surface area contributed by atoms with Crippen LogP contribution in [0, 0.1) is 11.8 Å². The minimum Gasteiger partial charge on any atom is -0.297 e. The van der Waals surface area contributed by atoms with Crippen LogP contribution < -0.4 is 11.3 Å². The van der Waals surface area contributed by atoms with Crippen molar-refractivity contribution in [2.45, 2.75) is 90.1 Å². The van der Waals surface area contributed by atoms with Crippen molar-refractivity contribution in [3.63, 3.8) is 0 Å². The highest BCUT2D eigenvalue weighted by atomic mass is 15.3. The van der Waals surface area contributed by atoms with Gasteiger partial charge in [0, 0.05) is 11.6 Å². The fourth-order valence-electron chi connectivity index (χ4n) is 4.77. The van der Waals surface area contributed by atoms with Gasteiger partial charge in [-0.25, -0.2) is 0 Å². The molecule has 1 aliphatic heterocycles. The predicted octanol–water partition coefficient (Wildman–Crippen LogP) is 3.69. The zero-order valence-electron chi connectivity index (χ0n) is 14.5. The summed E-state index contributed by atoms with van der Waals surface area (Å²) in [5.74, 6) is 7.70. The summed E-state index contributed by atoms with van der Waals surface area (Å²) in [5, 5.41) is 0. The number of nitrogens with zero attached hydrogens (tertiary/aromatic N) is 1. The molecule has 3 nitrogen and oxygen atoms in total. The Bertz CT molecular complexity index is 295. The minimum atomic E-state index is 0.166. The van der Waals surface area contributed by atoms with Crippen molar-refractivity contribution in [1.82, 2.24) is 10.3 Å². The first kappa shape index (κ1) is 17.2. The van der Waals surface area contributed by atoms with Crippen LogP contribution in [-0.4, -0.2) is 29.6 Å². The summed E-state index contributed by atoms with van der Waals surface area (Å²) in [5.41, 5.74) is 3.40. The normalized spacial score (nSPS) is 30.9. The molecule has 1 heterocycles. The maximum Gasteiger partial charge on any atom is 0.0417 e. The Balaban J connectivity index is 2.06. The molecular formula is C18H37N3. The van der Waals surface area contributed by atoms with Crippen LogP contribution in [0.5, 0.6) is 0 Å². The lowest BCUT2D eigenvalue weighted by Crippen LogP contribution is -2.62. The van der Waals surface area contributed by atoms with E-state index in [1.54, 1.807) is 0 Å². The quantitative estimate of drug-likeness (QED) is 0.600. The summed E-state index contributed by atoms with van der Waals surface area (Å²) < 4.78 is 0. The third kappa shape index (κ3) is 4.20. The van der Waals surface area contributed by atoms with E-state index in [4.69, 9.17) is 5.84 Å². The Morgan fingerprint density at radius 1 is 1.10 bits per heavy atom. The lowest BCUT2D eigenvalue weighted by Gasteiger charge is -2.48. The van der Waals surface area contributed by atoms with E-state index in [0.717, 1.165) is 11.8 Å². The molecule has 0 amide bonds. The van der Waals surface area contributed by atoms with Crippen LogP contribution in [0.25, 0.3) is 0 Å². The Morgan fingerprint density at radius 3 is 2.33 bits per heavy atom. The molecule has 124 valence electrons. The molecule has 1 saturated carbocycles. The van der Waals surface area contributed by atoms with Gasteiger partial charge in [0.15, 0.2) is 0 Å². The zero-order chi connectivity index (χ0) is 15.3. The highest BCUT2D eigenvalue weighted by molar-refractivity contribution is 4.98. The molecule has 3 unspecified atom stereocenters. The van der Waals surface area contributed by atoms with Crippen molar-refractivity contribution >= 4 is 0 Å². The molecule has 3 N–H and O–H groups in total. The van der Waals surface area contributed by atoms with Gasteiger partial charge in [-0.3, -0.25) is 16.2 Å². The topological polar surface area (TPSA) is 41.3 Å². The van der Waals surface area contributed by atoms with E-state index in [9.17, 15) is 0 Å². The van der Waals surface area contributed by atoms with Gasteiger partial charge in [-0.05, 0) is 64.5 Å². The standard InChI is InChI=1S/C18H37N3/c1-4-15-10-9-11-16(14-15)17(20-19)18(2,3)21-12-7-5-6-8-13-21/h15-17,20H,4-14,19H2,1-3H3. The maximum absolute atomic E-state index is 6.05. The smallest absolute Gasteiger partial charge is 0.0417 e. The fourth-order valence-corrected chi connectivity index (χ4v) is 4.77. The lowest BCUT2D eigenvalue weighted by atomic mass is 9.71. The summed E-state index contributed by atoms with van der Waals surface area (Å²) in [7, 11) is 0. The Labute approximate surface area is 132 Å². The number of hydrogen-bond donors (Lipinski definition) is 2. The van der Waals surface area contributed by atoms with Crippen molar-refractivity contribution in [2.24, 2.45) is 17.7 Å². The van der Waals surface area contributed by atoms with E-state index < -0.39 is 0 Å². The van der Waals surface area contributed by atoms with Gasteiger partial charge in [0.1, 0.15) is 0 Å². The number of likely N-dealkylation sites (tertiary alicyclic amines) is 1. The molecule has 2 aliphatic rings. The van der Waals surface area contributed by atoms with Crippen LogP contribution in [0.15, 0.2) is 0 Å². The first-order chi connectivity index (χ1) is 10.1. The monoisotopic (exact) mass is 295 g/mol. The molecule has 0 aromatic heterocycles. The van der Waals surface area contributed by atoms with E-state index in [-0.39, 0.29) is 5.54 Å². The summed E-state index contributed by atoms with van der Waals surface area (Å²) in [6.07, 6.45) is 12.4. The molecule has 0 radical (unpaired) electrons. The van der Waals surface area contributed by atoms with Crippen molar-refractivity contribution in [3.8, 4) is 0 Å². The van der Waals surface area contributed by atoms with Crippen LogP contribution in [0.1, 0.15) is 78.6 Å². The molecule has 21 heavy (non-hydrogen) atoms. The third-order valence-electron chi connectivity index (χ3n) is 6.23. The second-order valence-corrected chi connectivity index (χ2v) is 7.90. The maximum atomic E-state index is 6.05. The van der Waals surface area contributed by atoms with Crippen molar-refractivity contribution in [1.29, 1.82) is 0 Å². The van der Waals surface area contributed by atoms with Gasteiger partial charge in [-0.1, -0.05) is 39.0 Å². The second-order valence-electron chi connectivity index (χ2n) is 7.90. The number of hydrazine groups is 1. The Hall–Kier alpha value is -0.120. The second kappa shape index (κ2) is 7.94. The van der Waals surface area contributed by atoms with E-state index >= 15 is 0 Å². The summed E-state index contributed by atoms with van der Waals surface area (Å²) in [4.78, 5) is 2.71. The van der Waals surface area contributed by atoms with Crippen LogP contribution in [0.3, 0.4) is 0 Å². The average Bonchev–Trinajstić information content (AvgIpc) is 2.77. The van der Waals surface area contributed by atoms with Gasteiger partial charge in [0.25, 0.3) is 0 Å². The van der Waals surface area contributed by atoms with Crippen molar-refractivity contribution in [3.05, 3.63) is 0 Å². The molecule has 3 heteroatoms. The Kier molecular flexibility index (Phi) is 6.51. The summed E-state index contributed by atoms with van der Waals surface area (Å²) in [6.45, 7) is 9.67. The van der Waals surface area contributed by atoms with Crippen LogP contribution in [0.4, 0.5) is 0 Å². The number of nitrogens with one attached hydrogen (secondary N) is 1. The molecule has 1 saturated heterocycles. The van der Waals surface area contributed by atoms with Crippen molar-refractivity contribution in [2.75, 3.05) is 13.1 Å². The molecule has 3 atom stereocenters. The van der Waals surface area contributed by atoms with Gasteiger partial charge < -0.3 is 0 Å². The highest BCUT2D eigenvalue weighted by Crippen LogP contribution is 2.37. The summed E-state index contributed by atoms with van der Waals surface area (Å²) in [6, 6.07) is 0.421. The fraction of sp³-hybridized carbons (Fsp3) is 1.00. The van der Waals surface area contributed by atoms with E-state index in [0.29, 0.717) is 6.04 Å². The van der Waals surface area contributed by atoms with Crippen molar-refractivity contribution < 1.29 is 0 Å². The van der Waals surface area contributed by atoms with Gasteiger partial charge in [-0.2, -0.15) is 0 Å². The van der Waals surface area contributed by atoms with E-state index in [1.807, 2.05) is 0 Å². The molecule has 2 rings (SSSR count). The molecular weight excluding hydrogens is 258 g/mol. The van der Waals surface area contributed by atoms with Crippen LogP contribution in [-0.2, 0) is 0 Å². The summed E-state index contributed by atoms with van der Waals surface area (Å²) >= 11 is 0. The highest BCUT2D eigenvalue weighted by Gasteiger charge is 2.40. The van der Waals surface area contributed by atoms with Crippen LogP contribution in [0.2, 0.25) is 0 Å². The van der Waals surface area contributed by atoms with Gasteiger partial charge >= 0.3 is 0 Å². The first-order valence-electron chi connectivity index (χ1n) is 9.30. The largest absolute Gasteiger partial charge is 0.297 e. The molecule has 0 aromatic rings. The molecule has 1 aliphatic carbocycles. The van der Waals surface area contributed by atoms with Gasteiger partial charge in [-0.15, -0.1) is 0 Å². The zero-order valence-corrected chi connectivity index (χ0v) is 14.5. The van der Waals surface area contributed by atoms with E-state index in [1.165, 1.54) is 70.9 Å². The van der Waals surface area contributed by atoms with Crippen LogP contribution >= 0.6 is 0 Å². The first-order valence-corrected chi connectivity index (χ1v) is 9.30. The third-order valence-corrected chi connectivity index (χ3v) is 6.23. The van der Waals surface area contributed by atoms with E-state index in [2.05, 4.69) is 31.1 Å². The predicted molar refractivity (Wildman–Crippen MR) is 91.0 cm³/mol. The number of nitrogens with two attached hydrogens (primary N) is 1. The SMILES string of the molecule is CCC1CCCC(C(NN)C(C)(C)N2CCCCCC2)C1. The molecule has 0 bridgehead atoms. The molecule has 0 aromatic carbocycles. The molecule has 2 fully saturated rings.